The van der Waals surface area contributed by atoms with Gasteiger partial charge in [0.05, 0.1) is 6.10 Å². The highest BCUT2D eigenvalue weighted by atomic mass is 32.2. The van der Waals surface area contributed by atoms with Gasteiger partial charge in [-0.05, 0) is 17.7 Å². The second-order valence-electron chi connectivity index (χ2n) is 5.02. The third-order valence-electron chi connectivity index (χ3n) is 3.43. The molecular weight excluding hydrogens is 304 g/mol. The Bertz CT molecular complexity index is 628. The van der Waals surface area contributed by atoms with Crippen LogP contribution in [0.4, 0.5) is 0 Å². The van der Waals surface area contributed by atoms with Crippen LogP contribution in [-0.2, 0) is 0 Å². The van der Waals surface area contributed by atoms with Crippen LogP contribution in [0.5, 0.6) is 5.75 Å². The minimum Gasteiger partial charge on any atom is -0.477 e. The molecule has 3 rings (SSSR count). The molecule has 22 heavy (non-hydrogen) atoms. The molecule has 0 aliphatic carbocycles. The van der Waals surface area contributed by atoms with Crippen LogP contribution in [-0.4, -0.2) is 54.8 Å². The van der Waals surface area contributed by atoms with E-state index in [2.05, 4.69) is 9.97 Å². The Morgan fingerprint density at radius 2 is 1.82 bits per heavy atom. The maximum absolute atomic E-state index is 9.98. The van der Waals surface area contributed by atoms with Gasteiger partial charge in [0.25, 0.3) is 0 Å². The Hall–Kier alpha value is -1.67. The Morgan fingerprint density at radius 1 is 1.05 bits per heavy atom. The van der Waals surface area contributed by atoms with E-state index in [1.54, 1.807) is 18.5 Å². The third kappa shape index (κ3) is 3.22. The molecule has 7 heteroatoms. The Morgan fingerprint density at radius 3 is 2.59 bits per heavy atom. The molecule has 0 spiro atoms. The highest BCUT2D eigenvalue weighted by molar-refractivity contribution is 7.99. The van der Waals surface area contributed by atoms with Gasteiger partial charge in [0.1, 0.15) is 24.3 Å². The zero-order valence-corrected chi connectivity index (χ0v) is 12.4. The molecule has 0 bridgehead atoms. The lowest BCUT2D eigenvalue weighted by Gasteiger charge is -2.34. The molecule has 1 aliphatic heterocycles. The Balaban J connectivity index is 1.76. The van der Waals surface area contributed by atoms with Gasteiger partial charge in [-0.3, -0.25) is 0 Å². The van der Waals surface area contributed by atoms with Gasteiger partial charge in [-0.15, -0.1) is 11.8 Å². The summed E-state index contributed by atoms with van der Waals surface area (Å²) in [5, 5.41) is 29.2. The van der Waals surface area contributed by atoms with Crippen LogP contribution < -0.4 is 4.74 Å². The Kier molecular flexibility index (Phi) is 4.58. The van der Waals surface area contributed by atoms with E-state index in [0.29, 0.717) is 11.5 Å². The average Bonchev–Trinajstić information content (AvgIpc) is 2.57. The van der Waals surface area contributed by atoms with Gasteiger partial charge in [0.15, 0.2) is 5.44 Å². The van der Waals surface area contributed by atoms with E-state index >= 15 is 0 Å². The smallest absolute Gasteiger partial charge is 0.173 e. The van der Waals surface area contributed by atoms with Crippen LogP contribution >= 0.6 is 11.8 Å². The number of hydrogen-bond donors (Lipinski definition) is 3. The second-order valence-corrected chi connectivity index (χ2v) is 6.15. The van der Waals surface area contributed by atoms with Crippen LogP contribution in [0, 0.1) is 0 Å². The van der Waals surface area contributed by atoms with Crippen molar-refractivity contribution < 1.29 is 20.1 Å². The largest absolute Gasteiger partial charge is 0.477 e. The molecule has 1 aromatic carbocycles. The maximum atomic E-state index is 9.98. The minimum atomic E-state index is -1.20. The number of aliphatic hydroxyl groups excluding tert-OH is 3. The standard InChI is InChI=1S/C15H16N2O4S/c18-12-7-22-15(14(20)13(12)19)21-11-3-1-2-9(4-11)10-5-16-8-17-6-10/h1-6,8,12-15,18-20H,7H2/t12-,13+,14-,15+/m1/s1. The highest BCUT2D eigenvalue weighted by Crippen LogP contribution is 2.30. The van der Waals surface area contributed by atoms with Crippen molar-refractivity contribution >= 4 is 11.8 Å². The van der Waals surface area contributed by atoms with E-state index in [9.17, 15) is 15.3 Å². The van der Waals surface area contributed by atoms with Crippen LogP contribution in [0.3, 0.4) is 0 Å². The van der Waals surface area contributed by atoms with Crippen molar-refractivity contribution in [2.45, 2.75) is 23.7 Å². The molecule has 4 atom stereocenters. The first kappa shape index (κ1) is 15.2. The summed E-state index contributed by atoms with van der Waals surface area (Å²) in [7, 11) is 0. The SMILES string of the molecule is O[C@@H]1[C@@H](O)[C@@H](Oc2cccc(-c3cncnc3)c2)SC[C@H]1O. The average molecular weight is 320 g/mol. The molecule has 6 nitrogen and oxygen atoms in total. The van der Waals surface area contributed by atoms with Gasteiger partial charge in [0.2, 0.25) is 0 Å². The molecule has 0 saturated carbocycles. The van der Waals surface area contributed by atoms with E-state index in [-0.39, 0.29) is 0 Å². The van der Waals surface area contributed by atoms with Gasteiger partial charge >= 0.3 is 0 Å². The van der Waals surface area contributed by atoms with E-state index in [1.807, 2.05) is 18.2 Å². The summed E-state index contributed by atoms with van der Waals surface area (Å²) >= 11 is 1.27. The lowest BCUT2D eigenvalue weighted by atomic mass is 10.1. The molecule has 3 N–H and O–H groups in total. The van der Waals surface area contributed by atoms with Crippen molar-refractivity contribution in [1.82, 2.24) is 9.97 Å². The predicted octanol–water partition coefficient (Wildman–Crippen LogP) is 0.678. The van der Waals surface area contributed by atoms with Crippen molar-refractivity contribution in [1.29, 1.82) is 0 Å². The maximum Gasteiger partial charge on any atom is 0.173 e. The Labute approximate surface area is 131 Å². The fourth-order valence-electron chi connectivity index (χ4n) is 2.21. The minimum absolute atomic E-state index is 0.315. The summed E-state index contributed by atoms with van der Waals surface area (Å²) in [6.07, 6.45) is 1.60. The fraction of sp³-hybridized carbons (Fsp3) is 0.333. The lowest BCUT2D eigenvalue weighted by Crippen LogP contribution is -2.50. The molecule has 1 fully saturated rings. The van der Waals surface area contributed by atoms with Gasteiger partial charge < -0.3 is 20.1 Å². The van der Waals surface area contributed by atoms with E-state index in [0.717, 1.165) is 11.1 Å². The molecule has 2 aromatic rings. The van der Waals surface area contributed by atoms with Gasteiger partial charge in [-0.1, -0.05) is 12.1 Å². The van der Waals surface area contributed by atoms with Crippen molar-refractivity contribution in [3.63, 3.8) is 0 Å². The van der Waals surface area contributed by atoms with Crippen LogP contribution in [0.15, 0.2) is 43.0 Å². The first-order valence-electron chi connectivity index (χ1n) is 6.83. The van der Waals surface area contributed by atoms with Crippen molar-refractivity contribution in [2.24, 2.45) is 0 Å². The van der Waals surface area contributed by atoms with Crippen molar-refractivity contribution in [3.8, 4) is 16.9 Å². The molecule has 0 radical (unpaired) electrons. The molecule has 2 heterocycles. The number of ether oxygens (including phenoxy) is 1. The molecular formula is C15H16N2O4S. The zero-order chi connectivity index (χ0) is 15.5. The fourth-order valence-corrected chi connectivity index (χ4v) is 3.34. The van der Waals surface area contributed by atoms with Crippen LogP contribution in [0.25, 0.3) is 11.1 Å². The summed E-state index contributed by atoms with van der Waals surface area (Å²) in [6, 6.07) is 7.35. The topological polar surface area (TPSA) is 95.7 Å². The summed E-state index contributed by atoms with van der Waals surface area (Å²) in [4.78, 5) is 7.96. The number of nitrogens with zero attached hydrogens (tertiary/aromatic N) is 2. The van der Waals surface area contributed by atoms with Gasteiger partial charge in [0, 0.05) is 23.7 Å². The zero-order valence-electron chi connectivity index (χ0n) is 11.6. The molecule has 0 amide bonds. The van der Waals surface area contributed by atoms with Gasteiger partial charge in [-0.2, -0.15) is 0 Å². The predicted molar refractivity (Wildman–Crippen MR) is 82.4 cm³/mol. The van der Waals surface area contributed by atoms with Crippen LogP contribution in [0.2, 0.25) is 0 Å². The summed E-state index contributed by atoms with van der Waals surface area (Å²) in [5.41, 5.74) is 1.13. The summed E-state index contributed by atoms with van der Waals surface area (Å²) in [6.45, 7) is 0. The summed E-state index contributed by atoms with van der Waals surface area (Å²) in [5.74, 6) is 0.885. The van der Waals surface area contributed by atoms with Crippen molar-refractivity contribution in [2.75, 3.05) is 5.75 Å². The van der Waals surface area contributed by atoms with E-state index in [1.165, 1.54) is 18.1 Å². The van der Waals surface area contributed by atoms with Crippen molar-refractivity contribution in [3.05, 3.63) is 43.0 Å². The van der Waals surface area contributed by atoms with E-state index in [4.69, 9.17) is 4.74 Å². The first-order valence-corrected chi connectivity index (χ1v) is 7.88. The second kappa shape index (κ2) is 6.62. The lowest BCUT2D eigenvalue weighted by molar-refractivity contribution is -0.0786. The molecule has 1 aliphatic rings. The van der Waals surface area contributed by atoms with Crippen LogP contribution in [0.1, 0.15) is 0 Å². The number of hydrogen-bond acceptors (Lipinski definition) is 7. The van der Waals surface area contributed by atoms with E-state index < -0.39 is 23.7 Å². The number of rotatable bonds is 3. The molecule has 116 valence electrons. The molecule has 1 saturated heterocycles. The van der Waals surface area contributed by atoms with Gasteiger partial charge in [-0.25, -0.2) is 9.97 Å². The quantitative estimate of drug-likeness (QED) is 0.765. The number of aromatic nitrogens is 2. The number of thioether (sulfide) groups is 1. The normalized spacial score (nSPS) is 28.3. The monoisotopic (exact) mass is 320 g/mol. The summed E-state index contributed by atoms with van der Waals surface area (Å²) < 4.78 is 5.75. The first-order chi connectivity index (χ1) is 10.6. The molecule has 0 unspecified atom stereocenters. The number of benzene rings is 1. The third-order valence-corrected chi connectivity index (χ3v) is 4.67. The number of aliphatic hydroxyl groups is 3. The molecule has 1 aromatic heterocycles. The highest BCUT2D eigenvalue weighted by Gasteiger charge is 2.38.